The molecule has 0 spiro atoms. The molecule has 110 valence electrons. The number of rotatable bonds is 6. The van der Waals surface area contributed by atoms with Crippen molar-refractivity contribution in [1.82, 2.24) is 19.9 Å². The van der Waals surface area contributed by atoms with Crippen LogP contribution in [0.25, 0.3) is 11.2 Å². The lowest BCUT2D eigenvalue weighted by atomic mass is 10.3. The molecular weight excluding hydrogens is 292 g/mol. The minimum Gasteiger partial charge on any atom is -0.467 e. The van der Waals surface area contributed by atoms with Crippen LogP contribution in [0.4, 0.5) is 5.82 Å². The van der Waals surface area contributed by atoms with Crippen molar-refractivity contribution >= 4 is 28.6 Å². The fourth-order valence-corrected chi connectivity index (χ4v) is 2.18. The number of aromatic nitrogens is 4. The topological polar surface area (TPSA) is 106 Å². The number of nitrogens with two attached hydrogens (primary N) is 1. The Morgan fingerprint density at radius 2 is 2.24 bits per heavy atom. The molecule has 0 aromatic carbocycles. The van der Waals surface area contributed by atoms with Gasteiger partial charge >= 0.3 is 0 Å². The highest BCUT2D eigenvalue weighted by atomic mass is 35.5. The summed E-state index contributed by atoms with van der Waals surface area (Å²) in [6, 6.07) is 3.72. The van der Waals surface area contributed by atoms with E-state index in [1.165, 1.54) is 0 Å². The molecule has 0 saturated carbocycles. The molecule has 8 heteroatoms. The average molecular weight is 307 g/mol. The summed E-state index contributed by atoms with van der Waals surface area (Å²) in [5.74, 6) is 2.24. The highest BCUT2D eigenvalue weighted by Gasteiger charge is 2.12. The van der Waals surface area contributed by atoms with E-state index >= 15 is 0 Å². The van der Waals surface area contributed by atoms with Crippen molar-refractivity contribution in [2.75, 3.05) is 11.9 Å². The van der Waals surface area contributed by atoms with Gasteiger partial charge in [0, 0.05) is 6.42 Å². The summed E-state index contributed by atoms with van der Waals surface area (Å²) in [5, 5.41) is 3.33. The van der Waals surface area contributed by atoms with Crippen molar-refractivity contribution in [3.63, 3.8) is 0 Å². The van der Waals surface area contributed by atoms with Gasteiger partial charge in [-0.25, -0.2) is 4.98 Å². The van der Waals surface area contributed by atoms with Crippen LogP contribution in [0, 0.1) is 0 Å². The summed E-state index contributed by atoms with van der Waals surface area (Å²) in [6.45, 7) is 1.12. The molecule has 0 unspecified atom stereocenters. The number of halogens is 1. The maximum atomic E-state index is 5.94. The summed E-state index contributed by atoms with van der Waals surface area (Å²) in [5.41, 5.74) is 6.79. The van der Waals surface area contributed by atoms with Crippen LogP contribution in [0.1, 0.15) is 18.0 Å². The normalized spacial score (nSPS) is 11.1. The number of hydrogen-bond donors (Lipinski definition) is 3. The molecule has 4 N–H and O–H groups in total. The molecule has 0 saturated heterocycles. The minimum atomic E-state index is 0.154. The molecule has 0 bridgehead atoms. The predicted octanol–water partition coefficient (Wildman–Crippen LogP) is 2.10. The van der Waals surface area contributed by atoms with E-state index in [0.29, 0.717) is 24.6 Å². The van der Waals surface area contributed by atoms with E-state index in [9.17, 15) is 0 Å². The molecule has 3 aromatic heterocycles. The summed E-state index contributed by atoms with van der Waals surface area (Å²) >= 11 is 5.94. The molecule has 0 fully saturated rings. The third-order valence-electron chi connectivity index (χ3n) is 3.00. The van der Waals surface area contributed by atoms with Gasteiger partial charge in [0.05, 0.1) is 12.8 Å². The van der Waals surface area contributed by atoms with Crippen LogP contribution in [-0.2, 0) is 13.0 Å². The van der Waals surface area contributed by atoms with Gasteiger partial charge in [-0.15, -0.1) is 0 Å². The van der Waals surface area contributed by atoms with E-state index in [1.54, 1.807) is 6.26 Å². The number of furan rings is 1. The SMILES string of the molecule is NCCCc1nc2nc(Cl)nc(NCc3ccco3)c2[nH]1. The zero-order valence-electron chi connectivity index (χ0n) is 11.3. The Kier molecular flexibility index (Phi) is 4.03. The van der Waals surface area contributed by atoms with Gasteiger partial charge in [-0.1, -0.05) is 0 Å². The number of anilines is 1. The molecule has 0 aliphatic rings. The Morgan fingerprint density at radius 3 is 3.00 bits per heavy atom. The molecule has 0 atom stereocenters. The van der Waals surface area contributed by atoms with Crippen molar-refractivity contribution in [2.45, 2.75) is 19.4 Å². The summed E-state index contributed by atoms with van der Waals surface area (Å²) in [4.78, 5) is 15.9. The summed E-state index contributed by atoms with van der Waals surface area (Å²) in [7, 11) is 0. The second-order valence-electron chi connectivity index (χ2n) is 4.55. The largest absolute Gasteiger partial charge is 0.467 e. The summed E-state index contributed by atoms with van der Waals surface area (Å²) < 4.78 is 5.28. The lowest BCUT2D eigenvalue weighted by Gasteiger charge is -2.04. The zero-order chi connectivity index (χ0) is 14.7. The van der Waals surface area contributed by atoms with E-state index in [-0.39, 0.29) is 5.28 Å². The molecule has 3 aromatic rings. The molecular formula is C13H15ClN6O. The van der Waals surface area contributed by atoms with Gasteiger partial charge in [-0.2, -0.15) is 9.97 Å². The number of nitrogens with one attached hydrogen (secondary N) is 2. The quantitative estimate of drug-likeness (QED) is 0.602. The van der Waals surface area contributed by atoms with Crippen molar-refractivity contribution in [3.8, 4) is 0 Å². The van der Waals surface area contributed by atoms with Gasteiger partial charge in [0.15, 0.2) is 11.5 Å². The van der Waals surface area contributed by atoms with E-state index in [1.807, 2.05) is 12.1 Å². The Balaban J connectivity index is 1.87. The first-order valence-electron chi connectivity index (χ1n) is 6.64. The maximum absolute atomic E-state index is 5.94. The zero-order valence-corrected chi connectivity index (χ0v) is 12.0. The first kappa shape index (κ1) is 13.8. The molecule has 0 aliphatic carbocycles. The van der Waals surface area contributed by atoms with E-state index in [0.717, 1.165) is 29.9 Å². The number of imidazole rings is 1. The smallest absolute Gasteiger partial charge is 0.226 e. The van der Waals surface area contributed by atoms with Gasteiger partial charge in [-0.3, -0.25) is 0 Å². The third-order valence-corrected chi connectivity index (χ3v) is 3.17. The van der Waals surface area contributed by atoms with Gasteiger partial charge in [0.25, 0.3) is 0 Å². The molecule has 3 rings (SSSR count). The highest BCUT2D eigenvalue weighted by molar-refractivity contribution is 6.28. The van der Waals surface area contributed by atoms with E-state index in [2.05, 4.69) is 25.3 Å². The molecule has 21 heavy (non-hydrogen) atoms. The number of aromatic amines is 1. The van der Waals surface area contributed by atoms with Gasteiger partial charge < -0.3 is 20.5 Å². The second kappa shape index (κ2) is 6.11. The van der Waals surface area contributed by atoms with Crippen LogP contribution in [-0.4, -0.2) is 26.5 Å². The van der Waals surface area contributed by atoms with E-state index in [4.69, 9.17) is 21.8 Å². The van der Waals surface area contributed by atoms with Crippen LogP contribution in [0.3, 0.4) is 0 Å². The fourth-order valence-electron chi connectivity index (χ4n) is 2.02. The fraction of sp³-hybridized carbons (Fsp3) is 0.308. The Bertz CT molecular complexity index is 724. The minimum absolute atomic E-state index is 0.154. The molecule has 0 aliphatic heterocycles. The van der Waals surface area contributed by atoms with Crippen LogP contribution >= 0.6 is 11.6 Å². The third kappa shape index (κ3) is 3.14. The molecule has 0 radical (unpaired) electrons. The Labute approximate surface area is 125 Å². The predicted molar refractivity (Wildman–Crippen MR) is 80.1 cm³/mol. The molecule has 3 heterocycles. The number of hydrogen-bond acceptors (Lipinski definition) is 6. The maximum Gasteiger partial charge on any atom is 0.226 e. The van der Waals surface area contributed by atoms with Crippen molar-refractivity contribution in [2.24, 2.45) is 5.73 Å². The summed E-state index contributed by atoms with van der Waals surface area (Å²) in [6.07, 6.45) is 3.25. The second-order valence-corrected chi connectivity index (χ2v) is 4.89. The highest BCUT2D eigenvalue weighted by Crippen LogP contribution is 2.21. The van der Waals surface area contributed by atoms with Gasteiger partial charge in [0.1, 0.15) is 17.1 Å². The van der Waals surface area contributed by atoms with Crippen LogP contribution in [0.2, 0.25) is 5.28 Å². The number of fused-ring (bicyclic) bond motifs is 1. The first-order valence-corrected chi connectivity index (χ1v) is 7.02. The van der Waals surface area contributed by atoms with Crippen LogP contribution < -0.4 is 11.1 Å². The monoisotopic (exact) mass is 306 g/mol. The lowest BCUT2D eigenvalue weighted by Crippen LogP contribution is -2.02. The number of nitrogens with zero attached hydrogens (tertiary/aromatic N) is 3. The van der Waals surface area contributed by atoms with Crippen LogP contribution in [0.5, 0.6) is 0 Å². The van der Waals surface area contributed by atoms with Gasteiger partial charge in [0.2, 0.25) is 5.28 Å². The first-order chi connectivity index (χ1) is 10.3. The van der Waals surface area contributed by atoms with Crippen molar-refractivity contribution in [3.05, 3.63) is 35.3 Å². The molecule has 7 nitrogen and oxygen atoms in total. The van der Waals surface area contributed by atoms with Crippen molar-refractivity contribution < 1.29 is 4.42 Å². The molecule has 0 amide bonds. The van der Waals surface area contributed by atoms with E-state index < -0.39 is 0 Å². The van der Waals surface area contributed by atoms with Gasteiger partial charge in [-0.05, 0) is 36.7 Å². The van der Waals surface area contributed by atoms with Crippen LogP contribution in [0.15, 0.2) is 22.8 Å². The van der Waals surface area contributed by atoms with Crippen molar-refractivity contribution in [1.29, 1.82) is 0 Å². The standard InChI is InChI=1S/C13H15ClN6O/c14-13-19-11(16-7-8-3-2-6-21-8)10-12(20-13)18-9(17-10)4-1-5-15/h2-3,6H,1,4-5,7,15H2,(H2,16,17,18,19,20). The Morgan fingerprint density at radius 1 is 1.33 bits per heavy atom. The number of aryl methyl sites for hydroxylation is 1. The lowest BCUT2D eigenvalue weighted by molar-refractivity contribution is 0.518. The average Bonchev–Trinajstić information content (AvgIpc) is 3.11. The Hall–Kier alpha value is -2.12. The number of H-pyrrole nitrogens is 1.